The first-order valence-electron chi connectivity index (χ1n) is 8.41. The van der Waals surface area contributed by atoms with Gasteiger partial charge < -0.3 is 20.5 Å². The number of hydrogen-bond donors (Lipinski definition) is 3. The molecule has 1 atom stereocenters. The number of hydrogen-bond acceptors (Lipinski definition) is 6. The van der Waals surface area contributed by atoms with E-state index in [1.54, 1.807) is 43.3 Å². The third kappa shape index (κ3) is 6.62. The maximum atomic E-state index is 12.5. The van der Waals surface area contributed by atoms with Crippen LogP contribution < -0.4 is 15.8 Å². The van der Waals surface area contributed by atoms with Gasteiger partial charge in [-0.1, -0.05) is 12.1 Å². The number of nitrogen functional groups attached to an aromatic ring is 1. The molecule has 0 radical (unpaired) electrons. The van der Waals surface area contributed by atoms with Crippen molar-refractivity contribution in [3.63, 3.8) is 0 Å². The lowest BCUT2D eigenvalue weighted by Gasteiger charge is -2.14. The SMILES string of the molecule is COC(=O)COc1ccc(C(=O)[C@H](C)NC(=O)c2ccc(C(=N)N)cc2)cc1.Cl. The summed E-state index contributed by atoms with van der Waals surface area (Å²) >= 11 is 0. The van der Waals surface area contributed by atoms with Gasteiger partial charge in [-0.25, -0.2) is 4.79 Å². The molecular weight excluding hydrogens is 398 g/mol. The number of carbonyl (C=O) groups is 3. The Balaban J connectivity index is 0.00000420. The second kappa shape index (κ2) is 10.8. The molecule has 4 N–H and O–H groups in total. The van der Waals surface area contributed by atoms with Crippen LogP contribution in [0, 0.1) is 5.41 Å². The highest BCUT2D eigenvalue weighted by Gasteiger charge is 2.18. The van der Waals surface area contributed by atoms with Crippen LogP contribution in [0.3, 0.4) is 0 Å². The molecule has 0 unspecified atom stereocenters. The van der Waals surface area contributed by atoms with Gasteiger partial charge in [-0.3, -0.25) is 15.0 Å². The Morgan fingerprint density at radius 3 is 2.03 bits per heavy atom. The van der Waals surface area contributed by atoms with Crippen LogP contribution in [0.25, 0.3) is 0 Å². The minimum Gasteiger partial charge on any atom is -0.482 e. The summed E-state index contributed by atoms with van der Waals surface area (Å²) in [5.41, 5.74) is 6.64. The van der Waals surface area contributed by atoms with E-state index in [4.69, 9.17) is 15.9 Å². The zero-order valence-corrected chi connectivity index (χ0v) is 16.7. The Morgan fingerprint density at radius 2 is 1.52 bits per heavy atom. The second-order valence-corrected chi connectivity index (χ2v) is 5.94. The lowest BCUT2D eigenvalue weighted by molar-refractivity contribution is -0.142. The lowest BCUT2D eigenvalue weighted by atomic mass is 10.0. The number of nitrogens with one attached hydrogen (secondary N) is 2. The summed E-state index contributed by atoms with van der Waals surface area (Å²) in [6, 6.07) is 11.7. The minimum absolute atomic E-state index is 0. The average Bonchev–Trinajstić information content (AvgIpc) is 2.71. The van der Waals surface area contributed by atoms with Crippen molar-refractivity contribution in [1.29, 1.82) is 5.41 Å². The molecule has 154 valence electrons. The van der Waals surface area contributed by atoms with E-state index in [-0.39, 0.29) is 30.6 Å². The normalized spacial score (nSPS) is 10.8. The summed E-state index contributed by atoms with van der Waals surface area (Å²) in [4.78, 5) is 35.9. The third-order valence-electron chi connectivity index (χ3n) is 3.92. The maximum absolute atomic E-state index is 12.5. The summed E-state index contributed by atoms with van der Waals surface area (Å²) in [6.07, 6.45) is 0. The molecule has 2 aromatic carbocycles. The highest BCUT2D eigenvalue weighted by Crippen LogP contribution is 2.14. The Kier molecular flexibility index (Phi) is 8.82. The molecule has 2 rings (SSSR count). The zero-order chi connectivity index (χ0) is 20.7. The Hall–Kier alpha value is -3.39. The van der Waals surface area contributed by atoms with E-state index in [1.165, 1.54) is 19.2 Å². The highest BCUT2D eigenvalue weighted by molar-refractivity contribution is 6.04. The molecule has 0 aromatic heterocycles. The summed E-state index contributed by atoms with van der Waals surface area (Å²) in [5, 5.41) is 9.99. The number of carbonyl (C=O) groups excluding carboxylic acids is 3. The van der Waals surface area contributed by atoms with Crippen LogP contribution in [0.1, 0.15) is 33.2 Å². The molecule has 0 aliphatic carbocycles. The molecule has 8 nitrogen and oxygen atoms in total. The highest BCUT2D eigenvalue weighted by atomic mass is 35.5. The first-order chi connectivity index (χ1) is 13.3. The Bertz CT molecular complexity index is 882. The monoisotopic (exact) mass is 419 g/mol. The van der Waals surface area contributed by atoms with Crippen LogP contribution in [0.2, 0.25) is 0 Å². The summed E-state index contributed by atoms with van der Waals surface area (Å²) in [7, 11) is 1.26. The van der Waals surface area contributed by atoms with Crippen LogP contribution >= 0.6 is 12.4 Å². The fraction of sp³-hybridized carbons (Fsp3) is 0.200. The van der Waals surface area contributed by atoms with Gasteiger partial charge in [0.25, 0.3) is 5.91 Å². The number of esters is 1. The Labute approximate surface area is 174 Å². The van der Waals surface area contributed by atoms with Gasteiger partial charge in [-0.05, 0) is 43.3 Å². The van der Waals surface area contributed by atoms with Gasteiger partial charge in [0.05, 0.1) is 13.2 Å². The van der Waals surface area contributed by atoms with Crippen LogP contribution in [-0.2, 0) is 9.53 Å². The molecule has 29 heavy (non-hydrogen) atoms. The van der Waals surface area contributed by atoms with Gasteiger partial charge >= 0.3 is 5.97 Å². The van der Waals surface area contributed by atoms with Crippen molar-refractivity contribution in [2.75, 3.05) is 13.7 Å². The van der Waals surface area contributed by atoms with Crippen molar-refractivity contribution < 1.29 is 23.9 Å². The van der Waals surface area contributed by atoms with Crippen LogP contribution in [0.15, 0.2) is 48.5 Å². The zero-order valence-electron chi connectivity index (χ0n) is 15.9. The lowest BCUT2D eigenvalue weighted by Crippen LogP contribution is -2.38. The molecule has 0 saturated carbocycles. The van der Waals surface area contributed by atoms with Crippen molar-refractivity contribution in [3.8, 4) is 5.75 Å². The number of methoxy groups -OCH3 is 1. The molecule has 0 saturated heterocycles. The van der Waals surface area contributed by atoms with Crippen LogP contribution in [0.4, 0.5) is 0 Å². The summed E-state index contributed by atoms with van der Waals surface area (Å²) in [6.45, 7) is 1.37. The molecule has 2 aromatic rings. The topological polar surface area (TPSA) is 132 Å². The van der Waals surface area contributed by atoms with E-state index in [0.29, 0.717) is 22.4 Å². The van der Waals surface area contributed by atoms with E-state index in [9.17, 15) is 14.4 Å². The van der Waals surface area contributed by atoms with E-state index in [2.05, 4.69) is 10.1 Å². The van der Waals surface area contributed by atoms with E-state index in [1.807, 2.05) is 0 Å². The van der Waals surface area contributed by atoms with Gasteiger partial charge in [0, 0.05) is 16.7 Å². The number of rotatable bonds is 8. The van der Waals surface area contributed by atoms with Gasteiger partial charge in [-0.2, -0.15) is 0 Å². The van der Waals surface area contributed by atoms with Crippen molar-refractivity contribution in [3.05, 3.63) is 65.2 Å². The smallest absolute Gasteiger partial charge is 0.343 e. The third-order valence-corrected chi connectivity index (χ3v) is 3.92. The van der Waals surface area contributed by atoms with Gasteiger partial charge in [-0.15, -0.1) is 12.4 Å². The molecule has 0 aliphatic heterocycles. The standard InChI is InChI=1S/C20H21N3O5.ClH/c1-12(23-20(26)15-5-3-14(4-6-15)19(21)22)18(25)13-7-9-16(10-8-13)28-11-17(24)27-2;/h3-10,12H,11H2,1-2H3,(H3,21,22)(H,23,26);1H/t12-;/m0./s1. The van der Waals surface area contributed by atoms with Crippen molar-refractivity contribution in [1.82, 2.24) is 5.32 Å². The molecular formula is C20H22ClN3O5. The number of halogens is 1. The van der Waals surface area contributed by atoms with Crippen molar-refractivity contribution >= 4 is 35.9 Å². The van der Waals surface area contributed by atoms with Gasteiger partial charge in [0.1, 0.15) is 11.6 Å². The first-order valence-corrected chi connectivity index (χ1v) is 8.41. The number of Topliss-reactive ketones (excluding diaryl/α,β-unsaturated/α-hetero) is 1. The largest absolute Gasteiger partial charge is 0.482 e. The van der Waals surface area contributed by atoms with Crippen molar-refractivity contribution in [2.45, 2.75) is 13.0 Å². The van der Waals surface area contributed by atoms with Gasteiger partial charge in [0.15, 0.2) is 12.4 Å². The predicted molar refractivity (Wildman–Crippen MR) is 110 cm³/mol. The van der Waals surface area contributed by atoms with Crippen LogP contribution in [0.5, 0.6) is 5.75 Å². The maximum Gasteiger partial charge on any atom is 0.343 e. The number of amides is 1. The van der Waals surface area contributed by atoms with Crippen LogP contribution in [-0.4, -0.2) is 43.3 Å². The van der Waals surface area contributed by atoms with E-state index in [0.717, 1.165) is 0 Å². The summed E-state index contributed by atoms with van der Waals surface area (Å²) in [5.74, 6) is -0.853. The molecule has 0 bridgehead atoms. The summed E-state index contributed by atoms with van der Waals surface area (Å²) < 4.78 is 9.71. The molecule has 0 fully saturated rings. The number of benzene rings is 2. The number of ketones is 1. The second-order valence-electron chi connectivity index (χ2n) is 5.94. The average molecular weight is 420 g/mol. The molecule has 0 heterocycles. The molecule has 0 spiro atoms. The number of amidine groups is 1. The first kappa shape index (κ1) is 23.6. The molecule has 0 aliphatic rings. The Morgan fingerprint density at radius 1 is 1.00 bits per heavy atom. The fourth-order valence-electron chi connectivity index (χ4n) is 2.31. The number of ether oxygens (including phenoxy) is 2. The molecule has 9 heteroatoms. The quantitative estimate of drug-likeness (QED) is 0.259. The predicted octanol–water partition coefficient (Wildman–Crippen LogP) is 1.95. The van der Waals surface area contributed by atoms with E-state index < -0.39 is 17.9 Å². The minimum atomic E-state index is -0.748. The van der Waals surface area contributed by atoms with Crippen molar-refractivity contribution in [2.24, 2.45) is 5.73 Å². The van der Waals surface area contributed by atoms with E-state index >= 15 is 0 Å². The van der Waals surface area contributed by atoms with Gasteiger partial charge in [0.2, 0.25) is 0 Å². The number of nitrogens with two attached hydrogens (primary N) is 1. The fourth-order valence-corrected chi connectivity index (χ4v) is 2.31. The molecule has 1 amide bonds.